The smallest absolute Gasteiger partial charge is 0.149 e. The van der Waals surface area contributed by atoms with E-state index in [9.17, 15) is 0 Å². The summed E-state index contributed by atoms with van der Waals surface area (Å²) in [4.78, 5) is 0. The monoisotopic (exact) mass is 297 g/mol. The van der Waals surface area contributed by atoms with E-state index in [1.165, 1.54) is 5.56 Å². The van der Waals surface area contributed by atoms with Crippen LogP contribution in [0, 0.1) is 0 Å². The minimum Gasteiger partial charge on any atom is -0.304 e. The first-order chi connectivity index (χ1) is 10.4. The second-order valence-corrected chi connectivity index (χ2v) is 5.49. The zero-order chi connectivity index (χ0) is 14.5. The van der Waals surface area contributed by atoms with Crippen LogP contribution in [0.3, 0.4) is 0 Å². The maximum absolute atomic E-state index is 4.35. The second kappa shape index (κ2) is 6.51. The molecule has 0 amide bonds. The molecule has 3 aromatic rings. The van der Waals surface area contributed by atoms with E-state index in [-0.39, 0.29) is 6.04 Å². The van der Waals surface area contributed by atoms with Crippen molar-refractivity contribution in [2.75, 3.05) is 6.54 Å². The molecule has 3 rings (SSSR count). The molecule has 0 aliphatic carbocycles. The predicted octanol–water partition coefficient (Wildman–Crippen LogP) is 2.69. The Kier molecular flexibility index (Phi) is 4.28. The van der Waals surface area contributed by atoms with Crippen LogP contribution < -0.4 is 5.32 Å². The number of hydrogen-bond donors (Lipinski definition) is 1. The van der Waals surface area contributed by atoms with Crippen molar-refractivity contribution in [1.29, 1.82) is 0 Å². The van der Waals surface area contributed by atoms with Crippen LogP contribution in [-0.4, -0.2) is 26.9 Å². The summed E-state index contributed by atoms with van der Waals surface area (Å²) in [5, 5.41) is 21.6. The molecule has 1 N–H and O–H groups in total. The van der Waals surface area contributed by atoms with Gasteiger partial charge in [-0.1, -0.05) is 48.6 Å². The molecule has 21 heavy (non-hydrogen) atoms. The average molecular weight is 297 g/mol. The molecule has 6 heteroatoms. The number of hydrogen-bond acceptors (Lipinski definition) is 6. The summed E-state index contributed by atoms with van der Waals surface area (Å²) in [5.74, 6) is 0. The first-order valence-electron chi connectivity index (χ1n) is 6.77. The Morgan fingerprint density at radius 3 is 2.67 bits per heavy atom. The van der Waals surface area contributed by atoms with Crippen LogP contribution in [0.4, 0.5) is 0 Å². The average Bonchev–Trinajstić information content (AvgIpc) is 3.04. The van der Waals surface area contributed by atoms with E-state index in [4.69, 9.17) is 0 Å². The van der Waals surface area contributed by atoms with Gasteiger partial charge in [0.2, 0.25) is 0 Å². The van der Waals surface area contributed by atoms with Gasteiger partial charge >= 0.3 is 0 Å². The van der Waals surface area contributed by atoms with Gasteiger partial charge in [-0.15, -0.1) is 10.2 Å². The third-order valence-corrected chi connectivity index (χ3v) is 4.10. The van der Waals surface area contributed by atoms with Gasteiger partial charge in [-0.2, -0.15) is 10.2 Å². The lowest BCUT2D eigenvalue weighted by Crippen LogP contribution is -2.21. The summed E-state index contributed by atoms with van der Waals surface area (Å²) in [5.41, 5.74) is 2.13. The van der Waals surface area contributed by atoms with Crippen molar-refractivity contribution in [3.05, 3.63) is 59.4 Å². The SMILES string of the molecule is CCNC(c1ccccc1)c1nnc(-c2ccnnc2)s1. The third-order valence-electron chi connectivity index (χ3n) is 3.06. The number of nitrogens with one attached hydrogen (secondary N) is 1. The Morgan fingerprint density at radius 2 is 1.95 bits per heavy atom. The zero-order valence-electron chi connectivity index (χ0n) is 11.6. The molecule has 1 aromatic carbocycles. The third kappa shape index (κ3) is 3.12. The quantitative estimate of drug-likeness (QED) is 0.784. The highest BCUT2D eigenvalue weighted by molar-refractivity contribution is 7.14. The summed E-state index contributed by atoms with van der Waals surface area (Å²) in [6.07, 6.45) is 3.37. The molecule has 0 saturated carbocycles. The summed E-state index contributed by atoms with van der Waals surface area (Å²) in [6.45, 7) is 2.95. The van der Waals surface area contributed by atoms with Gasteiger partial charge in [0.15, 0.2) is 0 Å². The molecule has 0 saturated heterocycles. The second-order valence-electron chi connectivity index (χ2n) is 4.48. The molecule has 0 bridgehead atoms. The lowest BCUT2D eigenvalue weighted by atomic mass is 10.1. The van der Waals surface area contributed by atoms with Gasteiger partial charge < -0.3 is 5.32 Å². The van der Waals surface area contributed by atoms with Crippen LogP contribution >= 0.6 is 11.3 Å². The Labute approximate surface area is 127 Å². The Hall–Kier alpha value is -2.18. The van der Waals surface area contributed by atoms with Gasteiger partial charge in [-0.05, 0) is 18.2 Å². The lowest BCUT2D eigenvalue weighted by molar-refractivity contribution is 0.621. The molecule has 0 aliphatic heterocycles. The van der Waals surface area contributed by atoms with E-state index in [0.717, 1.165) is 22.1 Å². The first-order valence-corrected chi connectivity index (χ1v) is 7.59. The lowest BCUT2D eigenvalue weighted by Gasteiger charge is -2.14. The topological polar surface area (TPSA) is 63.6 Å². The predicted molar refractivity (Wildman–Crippen MR) is 82.9 cm³/mol. The van der Waals surface area contributed by atoms with Gasteiger partial charge in [0.25, 0.3) is 0 Å². The fraction of sp³-hybridized carbons (Fsp3) is 0.200. The fourth-order valence-corrected chi connectivity index (χ4v) is 3.02. The molecule has 0 aliphatic rings. The first kappa shape index (κ1) is 13.8. The molecule has 5 nitrogen and oxygen atoms in total. The van der Waals surface area contributed by atoms with Gasteiger partial charge in [0, 0.05) is 5.56 Å². The van der Waals surface area contributed by atoms with E-state index in [1.54, 1.807) is 23.7 Å². The molecule has 0 spiro atoms. The van der Waals surface area contributed by atoms with Crippen molar-refractivity contribution in [3.63, 3.8) is 0 Å². The van der Waals surface area contributed by atoms with Crippen molar-refractivity contribution < 1.29 is 0 Å². The Balaban J connectivity index is 1.93. The van der Waals surface area contributed by atoms with E-state index >= 15 is 0 Å². The van der Waals surface area contributed by atoms with Crippen molar-refractivity contribution in [1.82, 2.24) is 25.7 Å². The van der Waals surface area contributed by atoms with E-state index in [1.807, 2.05) is 24.3 Å². The Morgan fingerprint density at radius 1 is 1.10 bits per heavy atom. The summed E-state index contributed by atoms with van der Waals surface area (Å²) < 4.78 is 0. The zero-order valence-corrected chi connectivity index (χ0v) is 12.4. The molecule has 2 aromatic heterocycles. The van der Waals surface area contributed by atoms with E-state index in [0.29, 0.717) is 0 Å². The fourth-order valence-electron chi connectivity index (χ4n) is 2.08. The van der Waals surface area contributed by atoms with Crippen LogP contribution in [0.5, 0.6) is 0 Å². The highest BCUT2D eigenvalue weighted by Crippen LogP contribution is 2.29. The number of benzene rings is 1. The molecule has 106 valence electrons. The van der Waals surface area contributed by atoms with Crippen molar-refractivity contribution in [2.24, 2.45) is 0 Å². The molecule has 1 atom stereocenters. The van der Waals surface area contributed by atoms with Gasteiger partial charge in [-0.3, -0.25) is 0 Å². The number of rotatable bonds is 5. The molecular formula is C15H15N5S. The van der Waals surface area contributed by atoms with Gasteiger partial charge in [0.1, 0.15) is 10.0 Å². The van der Waals surface area contributed by atoms with Gasteiger partial charge in [-0.25, -0.2) is 0 Å². The summed E-state index contributed by atoms with van der Waals surface area (Å²) in [7, 11) is 0. The van der Waals surface area contributed by atoms with Crippen LogP contribution in [0.2, 0.25) is 0 Å². The maximum atomic E-state index is 4.35. The molecular weight excluding hydrogens is 282 g/mol. The number of nitrogens with zero attached hydrogens (tertiary/aromatic N) is 4. The molecule has 0 fully saturated rings. The van der Waals surface area contributed by atoms with Crippen LogP contribution in [0.15, 0.2) is 48.8 Å². The minimum absolute atomic E-state index is 0.0669. The standard InChI is InChI=1S/C15H15N5S/c1-2-16-13(11-6-4-3-5-7-11)15-20-19-14(21-15)12-8-9-17-18-10-12/h3-10,13,16H,2H2,1H3. The van der Waals surface area contributed by atoms with Gasteiger partial charge in [0.05, 0.1) is 18.4 Å². The van der Waals surface area contributed by atoms with Crippen LogP contribution in [0.1, 0.15) is 23.5 Å². The normalized spacial score (nSPS) is 12.2. The Bertz CT molecular complexity index is 684. The largest absolute Gasteiger partial charge is 0.304 e. The maximum Gasteiger partial charge on any atom is 0.149 e. The van der Waals surface area contributed by atoms with Crippen molar-refractivity contribution in [3.8, 4) is 10.6 Å². The highest BCUT2D eigenvalue weighted by Gasteiger charge is 2.18. The summed E-state index contributed by atoms with van der Waals surface area (Å²) in [6, 6.07) is 12.2. The van der Waals surface area contributed by atoms with E-state index < -0.39 is 0 Å². The highest BCUT2D eigenvalue weighted by atomic mass is 32.1. The molecule has 2 heterocycles. The summed E-state index contributed by atoms with van der Waals surface area (Å²) >= 11 is 1.58. The molecule has 1 unspecified atom stereocenters. The van der Waals surface area contributed by atoms with Crippen LogP contribution in [-0.2, 0) is 0 Å². The van der Waals surface area contributed by atoms with Crippen LogP contribution in [0.25, 0.3) is 10.6 Å². The number of aromatic nitrogens is 4. The molecule has 0 radical (unpaired) electrons. The van der Waals surface area contributed by atoms with Crippen molar-refractivity contribution in [2.45, 2.75) is 13.0 Å². The van der Waals surface area contributed by atoms with Crippen molar-refractivity contribution >= 4 is 11.3 Å². The van der Waals surface area contributed by atoms with E-state index in [2.05, 4.69) is 44.8 Å². The minimum atomic E-state index is 0.0669.